The number of hydrogen-bond donors (Lipinski definition) is 0. The molecule has 114 valence electrons. The Morgan fingerprint density at radius 2 is 1.26 bits per heavy atom. The molecule has 0 aliphatic carbocycles. The van der Waals surface area contributed by atoms with Gasteiger partial charge in [0.15, 0.2) is 0 Å². The number of rotatable bonds is 5. The minimum absolute atomic E-state index is 0.430. The van der Waals surface area contributed by atoms with E-state index in [9.17, 15) is 10.1 Å². The summed E-state index contributed by atoms with van der Waals surface area (Å²) in [4.78, 5) is 10.8. The molecule has 3 aromatic rings. The number of hydrogen-bond acceptors (Lipinski definition) is 3. The van der Waals surface area contributed by atoms with Crippen LogP contribution in [0, 0.1) is 10.1 Å². The van der Waals surface area contributed by atoms with Crippen molar-refractivity contribution >= 4 is 0 Å². The van der Waals surface area contributed by atoms with Crippen LogP contribution in [-0.2, 0) is 0 Å². The molecule has 0 heterocycles. The third-order valence-electron chi connectivity index (χ3n) is 3.49. The number of nitrogens with zero attached hydrogens (tertiary/aromatic N) is 1. The van der Waals surface area contributed by atoms with Crippen molar-refractivity contribution in [1.82, 2.24) is 0 Å². The van der Waals surface area contributed by atoms with Gasteiger partial charge in [0.2, 0.25) is 0 Å². The predicted molar refractivity (Wildman–Crippen MR) is 88.7 cm³/mol. The van der Waals surface area contributed by atoms with E-state index in [4.69, 9.17) is 4.74 Å². The lowest BCUT2D eigenvalue weighted by molar-refractivity contribution is -0.570. The topological polar surface area (TPSA) is 52.4 Å². The summed E-state index contributed by atoms with van der Waals surface area (Å²) in [7, 11) is 0. The van der Waals surface area contributed by atoms with E-state index in [1.165, 1.54) is 0 Å². The first kappa shape index (κ1) is 14.8. The fourth-order valence-electron chi connectivity index (χ4n) is 2.34. The first-order valence-electron chi connectivity index (χ1n) is 7.24. The zero-order chi connectivity index (χ0) is 16.1. The van der Waals surface area contributed by atoms with Gasteiger partial charge in [-0.3, -0.25) is 10.1 Å². The molecule has 1 atom stereocenters. The second-order valence-corrected chi connectivity index (χ2v) is 5.06. The summed E-state index contributed by atoms with van der Waals surface area (Å²) in [5, 5.41) is 11.3. The van der Waals surface area contributed by atoms with Crippen LogP contribution in [0.1, 0.15) is 11.8 Å². The molecular weight excluding hydrogens is 290 g/mol. The normalized spacial score (nSPS) is 11.7. The summed E-state index contributed by atoms with van der Waals surface area (Å²) in [6, 6.07) is 25.9. The van der Waals surface area contributed by atoms with E-state index in [2.05, 4.69) is 0 Å². The minimum Gasteiger partial charge on any atom is -0.426 e. The Kier molecular flexibility index (Phi) is 4.34. The minimum atomic E-state index is -1.21. The third-order valence-corrected chi connectivity index (χ3v) is 3.49. The molecule has 0 N–H and O–H groups in total. The Bertz CT molecular complexity index is 771. The van der Waals surface area contributed by atoms with E-state index in [0.29, 0.717) is 11.3 Å². The molecule has 0 saturated heterocycles. The molecule has 0 bridgehead atoms. The SMILES string of the molecule is O=[N+]([O-])C(Oc1ccc(-c2ccccc2)cc1)c1ccccc1. The van der Waals surface area contributed by atoms with Gasteiger partial charge in [0.1, 0.15) is 5.75 Å². The van der Waals surface area contributed by atoms with Gasteiger partial charge in [0, 0.05) is 0 Å². The van der Waals surface area contributed by atoms with Gasteiger partial charge in [-0.25, -0.2) is 0 Å². The standard InChI is InChI=1S/C19H15NO3/c21-20(22)19(17-9-5-2-6-10-17)23-18-13-11-16(12-14-18)15-7-3-1-4-8-15/h1-14,19H. The molecule has 0 saturated carbocycles. The summed E-state index contributed by atoms with van der Waals surface area (Å²) in [5.41, 5.74) is 2.65. The molecule has 0 spiro atoms. The molecule has 3 rings (SSSR count). The summed E-state index contributed by atoms with van der Waals surface area (Å²) in [5.74, 6) is 0.468. The Morgan fingerprint density at radius 1 is 0.739 bits per heavy atom. The highest BCUT2D eigenvalue weighted by molar-refractivity contribution is 5.63. The average Bonchev–Trinajstić information content (AvgIpc) is 2.61. The molecular formula is C19H15NO3. The number of ether oxygens (including phenoxy) is 1. The maximum atomic E-state index is 11.3. The zero-order valence-corrected chi connectivity index (χ0v) is 12.3. The van der Waals surface area contributed by atoms with Gasteiger partial charge in [0.25, 0.3) is 0 Å². The largest absolute Gasteiger partial charge is 0.426 e. The zero-order valence-electron chi connectivity index (χ0n) is 12.3. The van der Waals surface area contributed by atoms with Crippen LogP contribution in [0.15, 0.2) is 84.9 Å². The monoisotopic (exact) mass is 305 g/mol. The van der Waals surface area contributed by atoms with Crippen molar-refractivity contribution in [3.63, 3.8) is 0 Å². The third kappa shape index (κ3) is 3.55. The second kappa shape index (κ2) is 6.75. The Labute approximate surface area is 134 Å². The molecule has 23 heavy (non-hydrogen) atoms. The van der Waals surface area contributed by atoms with Gasteiger partial charge < -0.3 is 4.74 Å². The molecule has 0 aliphatic heterocycles. The number of nitro groups is 1. The van der Waals surface area contributed by atoms with Crippen LogP contribution < -0.4 is 4.74 Å². The van der Waals surface area contributed by atoms with Crippen LogP contribution in [0.5, 0.6) is 5.75 Å². The Morgan fingerprint density at radius 3 is 1.83 bits per heavy atom. The second-order valence-electron chi connectivity index (χ2n) is 5.06. The van der Waals surface area contributed by atoms with Gasteiger partial charge in [-0.05, 0) is 35.4 Å². The molecule has 4 nitrogen and oxygen atoms in total. The van der Waals surface area contributed by atoms with Crippen molar-refractivity contribution in [1.29, 1.82) is 0 Å². The van der Waals surface area contributed by atoms with E-state index in [0.717, 1.165) is 11.1 Å². The van der Waals surface area contributed by atoms with E-state index >= 15 is 0 Å². The summed E-state index contributed by atoms with van der Waals surface area (Å²) in [6.07, 6.45) is -1.21. The number of benzene rings is 3. The Hall–Kier alpha value is -3.14. The van der Waals surface area contributed by atoms with Crippen molar-refractivity contribution in [2.45, 2.75) is 6.23 Å². The van der Waals surface area contributed by atoms with Crippen LogP contribution in [-0.4, -0.2) is 4.92 Å². The van der Waals surface area contributed by atoms with Crippen molar-refractivity contribution < 1.29 is 9.66 Å². The Balaban J connectivity index is 1.80. The van der Waals surface area contributed by atoms with Crippen molar-refractivity contribution in [2.24, 2.45) is 0 Å². The van der Waals surface area contributed by atoms with Crippen LogP contribution in [0.2, 0.25) is 0 Å². The van der Waals surface area contributed by atoms with Crippen molar-refractivity contribution in [3.8, 4) is 16.9 Å². The summed E-state index contributed by atoms with van der Waals surface area (Å²) < 4.78 is 5.55. The van der Waals surface area contributed by atoms with E-state index in [1.807, 2.05) is 48.5 Å². The molecule has 4 heteroatoms. The fourth-order valence-corrected chi connectivity index (χ4v) is 2.34. The van der Waals surface area contributed by atoms with Crippen molar-refractivity contribution in [2.75, 3.05) is 0 Å². The van der Waals surface area contributed by atoms with Gasteiger partial charge >= 0.3 is 6.23 Å². The highest BCUT2D eigenvalue weighted by Gasteiger charge is 2.24. The smallest absolute Gasteiger partial charge is 0.380 e. The van der Waals surface area contributed by atoms with Crippen molar-refractivity contribution in [3.05, 3.63) is 101 Å². The van der Waals surface area contributed by atoms with E-state index in [-0.39, 0.29) is 0 Å². The first-order chi connectivity index (χ1) is 11.2. The highest BCUT2D eigenvalue weighted by Crippen LogP contribution is 2.26. The fraction of sp³-hybridized carbons (Fsp3) is 0.0526. The molecule has 0 fully saturated rings. The first-order valence-corrected chi connectivity index (χ1v) is 7.24. The average molecular weight is 305 g/mol. The van der Waals surface area contributed by atoms with Gasteiger partial charge in [-0.1, -0.05) is 60.7 Å². The van der Waals surface area contributed by atoms with Crippen LogP contribution in [0.3, 0.4) is 0 Å². The van der Waals surface area contributed by atoms with Gasteiger partial charge in [0.05, 0.1) is 10.5 Å². The maximum absolute atomic E-state index is 11.3. The van der Waals surface area contributed by atoms with Crippen LogP contribution in [0.25, 0.3) is 11.1 Å². The molecule has 1 unspecified atom stereocenters. The van der Waals surface area contributed by atoms with Gasteiger partial charge in [-0.2, -0.15) is 0 Å². The molecule has 0 radical (unpaired) electrons. The quantitative estimate of drug-likeness (QED) is 0.390. The molecule has 0 aliphatic rings. The maximum Gasteiger partial charge on any atom is 0.380 e. The highest BCUT2D eigenvalue weighted by atomic mass is 16.7. The van der Waals surface area contributed by atoms with Gasteiger partial charge in [-0.15, -0.1) is 0 Å². The van der Waals surface area contributed by atoms with Crippen LogP contribution >= 0.6 is 0 Å². The molecule has 3 aromatic carbocycles. The predicted octanol–water partition coefficient (Wildman–Crippen LogP) is 4.71. The van der Waals surface area contributed by atoms with E-state index in [1.54, 1.807) is 36.4 Å². The lowest BCUT2D eigenvalue weighted by Crippen LogP contribution is -2.17. The summed E-state index contributed by atoms with van der Waals surface area (Å²) >= 11 is 0. The molecule has 0 aromatic heterocycles. The van der Waals surface area contributed by atoms with Crippen LogP contribution in [0.4, 0.5) is 0 Å². The molecule has 0 amide bonds. The summed E-state index contributed by atoms with van der Waals surface area (Å²) in [6.45, 7) is 0. The van der Waals surface area contributed by atoms with E-state index < -0.39 is 11.2 Å². The lowest BCUT2D eigenvalue weighted by atomic mass is 10.1. The lowest BCUT2D eigenvalue weighted by Gasteiger charge is -2.12.